The quantitative estimate of drug-likeness (QED) is 0.847. The van der Waals surface area contributed by atoms with Crippen LogP contribution in [0.5, 0.6) is 5.75 Å². The number of piperidine rings is 1. The summed E-state index contributed by atoms with van der Waals surface area (Å²) in [5.41, 5.74) is 3.01. The van der Waals surface area contributed by atoms with Crippen molar-refractivity contribution in [2.45, 2.75) is 37.6 Å². The fourth-order valence-corrected chi connectivity index (χ4v) is 4.49. The maximum absolute atomic E-state index is 13.1. The molecular weight excluding hydrogens is 310 g/mol. The van der Waals surface area contributed by atoms with Crippen LogP contribution in [0.4, 0.5) is 0 Å². The molecule has 0 N–H and O–H groups in total. The summed E-state index contributed by atoms with van der Waals surface area (Å²) < 4.78 is 5.33. The lowest BCUT2D eigenvalue weighted by molar-refractivity contribution is 0.0539. The van der Waals surface area contributed by atoms with Crippen molar-refractivity contribution >= 4 is 5.78 Å². The number of hydrogen-bond acceptors (Lipinski definition) is 3. The van der Waals surface area contributed by atoms with Crippen molar-refractivity contribution in [2.75, 3.05) is 20.2 Å². The average molecular weight is 335 g/mol. The number of nitrogens with zero attached hydrogens (tertiary/aromatic N) is 1. The number of Topliss-reactive ketones (excluding diaryl/α,β-unsaturated/α-hetero) is 1. The minimum Gasteiger partial charge on any atom is -0.497 e. The predicted molar refractivity (Wildman–Crippen MR) is 99.4 cm³/mol. The first-order valence-corrected chi connectivity index (χ1v) is 9.13. The average Bonchev–Trinajstić information content (AvgIpc) is 2.93. The summed E-state index contributed by atoms with van der Waals surface area (Å²) in [5, 5.41) is 0. The number of fused-ring (bicyclic) bond motifs is 1. The Morgan fingerprint density at radius 1 is 1.08 bits per heavy atom. The van der Waals surface area contributed by atoms with Gasteiger partial charge in [0, 0.05) is 5.56 Å². The summed E-state index contributed by atoms with van der Waals surface area (Å²) in [5.74, 6) is 1.71. The van der Waals surface area contributed by atoms with Gasteiger partial charge in [-0.2, -0.15) is 0 Å². The lowest BCUT2D eigenvalue weighted by Crippen LogP contribution is -2.53. The molecule has 0 spiro atoms. The third-order valence-corrected chi connectivity index (χ3v) is 6.04. The Morgan fingerprint density at radius 2 is 1.80 bits per heavy atom. The van der Waals surface area contributed by atoms with Gasteiger partial charge < -0.3 is 4.74 Å². The lowest BCUT2D eigenvalue weighted by Gasteiger charge is -2.42. The first kappa shape index (κ1) is 16.3. The molecule has 1 fully saturated rings. The van der Waals surface area contributed by atoms with Gasteiger partial charge in [-0.3, -0.25) is 9.69 Å². The third kappa shape index (κ3) is 2.77. The molecule has 130 valence electrons. The van der Waals surface area contributed by atoms with E-state index in [1.54, 1.807) is 7.11 Å². The highest BCUT2D eigenvalue weighted by atomic mass is 16.5. The van der Waals surface area contributed by atoms with E-state index in [1.165, 1.54) is 5.56 Å². The maximum Gasteiger partial charge on any atom is 0.183 e. The number of carbonyl (C=O) groups is 1. The molecule has 3 nitrogen and oxygen atoms in total. The first-order valence-electron chi connectivity index (χ1n) is 9.13. The summed E-state index contributed by atoms with van der Waals surface area (Å²) >= 11 is 0. The molecule has 2 aromatic rings. The molecule has 25 heavy (non-hydrogen) atoms. The lowest BCUT2D eigenvalue weighted by atomic mass is 9.85. The van der Waals surface area contributed by atoms with Crippen LogP contribution >= 0.6 is 0 Å². The van der Waals surface area contributed by atoms with E-state index < -0.39 is 5.54 Å². The van der Waals surface area contributed by atoms with Crippen LogP contribution in [0.3, 0.4) is 0 Å². The Kier molecular flexibility index (Phi) is 4.12. The molecule has 0 amide bonds. The fraction of sp³-hybridized carbons (Fsp3) is 0.409. The number of likely N-dealkylation sites (tertiary alicyclic amines) is 1. The molecule has 1 heterocycles. The minimum absolute atomic E-state index is 0.267. The molecule has 4 rings (SSSR count). The van der Waals surface area contributed by atoms with Crippen LogP contribution < -0.4 is 4.74 Å². The summed E-state index contributed by atoms with van der Waals surface area (Å²) in [7, 11) is 1.67. The van der Waals surface area contributed by atoms with Gasteiger partial charge in [0.05, 0.1) is 12.6 Å². The van der Waals surface area contributed by atoms with Crippen LogP contribution in [-0.2, 0) is 6.42 Å². The second-order valence-corrected chi connectivity index (χ2v) is 7.47. The molecule has 1 unspecified atom stereocenters. The number of ketones is 1. The molecule has 0 radical (unpaired) electrons. The van der Waals surface area contributed by atoms with Crippen LogP contribution in [-0.4, -0.2) is 36.4 Å². The van der Waals surface area contributed by atoms with Crippen LogP contribution in [0.15, 0.2) is 48.5 Å². The summed E-state index contributed by atoms with van der Waals surface area (Å²) in [6, 6.07) is 16.6. The molecule has 2 aromatic carbocycles. The first-order chi connectivity index (χ1) is 12.1. The topological polar surface area (TPSA) is 29.5 Å². The van der Waals surface area contributed by atoms with Gasteiger partial charge in [-0.1, -0.05) is 30.3 Å². The highest BCUT2D eigenvalue weighted by Crippen LogP contribution is 2.39. The largest absolute Gasteiger partial charge is 0.497 e. The summed E-state index contributed by atoms with van der Waals surface area (Å²) in [4.78, 5) is 15.5. The van der Waals surface area contributed by atoms with Crippen LogP contribution in [0, 0.1) is 0 Å². The highest BCUT2D eigenvalue weighted by Gasteiger charge is 2.46. The molecule has 1 saturated heterocycles. The van der Waals surface area contributed by atoms with E-state index in [4.69, 9.17) is 4.74 Å². The SMILES string of the molecule is COc1ccc2c(c1)CC(C)(N1CCC(c3ccccc3)CC1)C2=O. The molecule has 1 aliphatic carbocycles. The van der Waals surface area contributed by atoms with Crippen LogP contribution in [0.1, 0.15) is 47.2 Å². The number of rotatable bonds is 3. The monoisotopic (exact) mass is 335 g/mol. The second kappa shape index (κ2) is 6.30. The second-order valence-electron chi connectivity index (χ2n) is 7.47. The number of ether oxygens (including phenoxy) is 1. The van der Waals surface area contributed by atoms with Crippen molar-refractivity contribution in [1.82, 2.24) is 4.90 Å². The number of hydrogen-bond donors (Lipinski definition) is 0. The molecule has 1 aliphatic heterocycles. The molecule has 1 atom stereocenters. The maximum atomic E-state index is 13.1. The Hall–Kier alpha value is -2.13. The predicted octanol–water partition coefficient (Wildman–Crippen LogP) is 4.07. The number of benzene rings is 2. The van der Waals surface area contributed by atoms with Crippen LogP contribution in [0.2, 0.25) is 0 Å². The van der Waals surface area contributed by atoms with E-state index in [0.717, 1.165) is 49.2 Å². The van der Waals surface area contributed by atoms with Gasteiger partial charge in [-0.05, 0) is 74.5 Å². The van der Waals surface area contributed by atoms with Crippen molar-refractivity contribution in [3.05, 3.63) is 65.2 Å². The number of methoxy groups -OCH3 is 1. The smallest absolute Gasteiger partial charge is 0.183 e. The van der Waals surface area contributed by atoms with E-state index in [-0.39, 0.29) is 5.78 Å². The Morgan fingerprint density at radius 3 is 2.48 bits per heavy atom. The van der Waals surface area contributed by atoms with Crippen molar-refractivity contribution < 1.29 is 9.53 Å². The van der Waals surface area contributed by atoms with Crippen molar-refractivity contribution in [2.24, 2.45) is 0 Å². The van der Waals surface area contributed by atoms with Gasteiger partial charge in [0.2, 0.25) is 0 Å². The van der Waals surface area contributed by atoms with E-state index >= 15 is 0 Å². The molecule has 0 saturated carbocycles. The van der Waals surface area contributed by atoms with Crippen molar-refractivity contribution in [3.8, 4) is 5.75 Å². The number of carbonyl (C=O) groups excluding carboxylic acids is 1. The Labute approximate surface area is 149 Å². The van der Waals surface area contributed by atoms with Gasteiger partial charge >= 0.3 is 0 Å². The standard InChI is InChI=1S/C22H25NO2/c1-22(15-18-14-19(25-2)8-9-20(18)21(22)24)23-12-10-17(11-13-23)16-6-4-3-5-7-16/h3-9,14,17H,10-13,15H2,1-2H3. The van der Waals surface area contributed by atoms with Crippen LogP contribution in [0.25, 0.3) is 0 Å². The van der Waals surface area contributed by atoms with Gasteiger partial charge in [-0.25, -0.2) is 0 Å². The Balaban J connectivity index is 1.50. The third-order valence-electron chi connectivity index (χ3n) is 6.04. The molecule has 2 aliphatic rings. The zero-order valence-corrected chi connectivity index (χ0v) is 15.0. The summed E-state index contributed by atoms with van der Waals surface area (Å²) in [6.45, 7) is 4.07. The highest BCUT2D eigenvalue weighted by molar-refractivity contribution is 6.07. The van der Waals surface area contributed by atoms with Gasteiger partial charge in [-0.15, -0.1) is 0 Å². The molecular formula is C22H25NO2. The zero-order chi connectivity index (χ0) is 17.4. The van der Waals surface area contributed by atoms with E-state index in [9.17, 15) is 4.79 Å². The van der Waals surface area contributed by atoms with E-state index in [1.807, 2.05) is 18.2 Å². The van der Waals surface area contributed by atoms with Gasteiger partial charge in [0.15, 0.2) is 5.78 Å². The van der Waals surface area contributed by atoms with Gasteiger partial charge in [0.1, 0.15) is 5.75 Å². The minimum atomic E-state index is -0.406. The van der Waals surface area contributed by atoms with E-state index in [2.05, 4.69) is 42.2 Å². The molecule has 0 aromatic heterocycles. The molecule has 0 bridgehead atoms. The Bertz CT molecular complexity index is 778. The fourth-order valence-electron chi connectivity index (χ4n) is 4.49. The zero-order valence-electron chi connectivity index (χ0n) is 15.0. The van der Waals surface area contributed by atoms with Crippen molar-refractivity contribution in [3.63, 3.8) is 0 Å². The molecule has 3 heteroatoms. The van der Waals surface area contributed by atoms with Gasteiger partial charge in [0.25, 0.3) is 0 Å². The summed E-state index contributed by atoms with van der Waals surface area (Å²) in [6.07, 6.45) is 3.02. The normalized spacial score (nSPS) is 24.3. The van der Waals surface area contributed by atoms with E-state index in [0.29, 0.717) is 5.92 Å². The van der Waals surface area contributed by atoms with Crippen molar-refractivity contribution in [1.29, 1.82) is 0 Å².